The van der Waals surface area contributed by atoms with Crippen LogP contribution >= 0.6 is 15.9 Å². The van der Waals surface area contributed by atoms with Gasteiger partial charge in [0.15, 0.2) is 0 Å². The van der Waals surface area contributed by atoms with Crippen molar-refractivity contribution >= 4 is 33.6 Å². The van der Waals surface area contributed by atoms with Crippen LogP contribution in [0.5, 0.6) is 0 Å². The van der Waals surface area contributed by atoms with Crippen LogP contribution in [0, 0.1) is 0 Å². The van der Waals surface area contributed by atoms with Gasteiger partial charge in [0.25, 0.3) is 0 Å². The van der Waals surface area contributed by atoms with Gasteiger partial charge in [0.2, 0.25) is 0 Å². The summed E-state index contributed by atoms with van der Waals surface area (Å²) in [6, 6.07) is 1.85. The lowest BCUT2D eigenvalue weighted by Crippen LogP contribution is -2.06. The fourth-order valence-electron chi connectivity index (χ4n) is 1.09. The van der Waals surface area contributed by atoms with Crippen molar-refractivity contribution in [2.75, 3.05) is 12.4 Å². The summed E-state index contributed by atoms with van der Waals surface area (Å²) in [5.41, 5.74) is 8.04. The summed E-state index contributed by atoms with van der Waals surface area (Å²) < 4.78 is 0.854. The number of aldehydes is 1. The molecule has 0 aliphatic carbocycles. The highest BCUT2D eigenvalue weighted by molar-refractivity contribution is 9.10. The second-order valence-corrected chi connectivity index (χ2v) is 3.93. The monoisotopic (exact) mass is 269 g/mol. The number of aromatic nitrogens is 1. The Labute approximate surface area is 96.7 Å². The molecule has 1 aromatic heterocycles. The van der Waals surface area contributed by atoms with E-state index in [9.17, 15) is 4.79 Å². The highest BCUT2D eigenvalue weighted by Crippen LogP contribution is 2.23. The van der Waals surface area contributed by atoms with Gasteiger partial charge in [-0.15, -0.1) is 0 Å². The summed E-state index contributed by atoms with van der Waals surface area (Å²) in [7, 11) is 1.77. The molecule has 0 fully saturated rings. The summed E-state index contributed by atoms with van der Waals surface area (Å²) in [6.45, 7) is 1.66. The molecule has 1 aromatic rings. The topological polar surface area (TPSA) is 68.0 Å². The van der Waals surface area contributed by atoms with E-state index in [1.807, 2.05) is 6.07 Å². The first kappa shape index (κ1) is 11.7. The molecule has 0 saturated heterocycles. The average Bonchev–Trinajstić information content (AvgIpc) is 2.26. The minimum atomic E-state index is 0.391. The predicted octanol–water partition coefficient (Wildman–Crippen LogP) is 1.77. The molecule has 1 rings (SSSR count). The molecule has 4 nitrogen and oxygen atoms in total. The molecule has 0 bridgehead atoms. The zero-order chi connectivity index (χ0) is 11.4. The minimum Gasteiger partial charge on any atom is -0.397 e. The number of carbonyl (C=O) groups is 1. The van der Waals surface area contributed by atoms with E-state index < -0.39 is 0 Å². The first-order chi connectivity index (χ1) is 7.10. The molecule has 0 saturated carbocycles. The third-order valence-electron chi connectivity index (χ3n) is 1.98. The van der Waals surface area contributed by atoms with Crippen LogP contribution in [0.1, 0.15) is 12.6 Å². The molecule has 5 heteroatoms. The highest BCUT2D eigenvalue weighted by atomic mass is 79.9. The molecule has 0 radical (unpaired) electrons. The summed E-state index contributed by atoms with van der Waals surface area (Å²) >= 11 is 3.31. The maximum Gasteiger partial charge on any atom is 0.147 e. The van der Waals surface area contributed by atoms with Crippen molar-refractivity contribution < 1.29 is 4.79 Å². The maximum absolute atomic E-state index is 10.6. The number of anilines is 1. The maximum atomic E-state index is 10.6. The Kier molecular flexibility index (Phi) is 3.85. The smallest absolute Gasteiger partial charge is 0.147 e. The Morgan fingerprint density at radius 1 is 1.67 bits per heavy atom. The Morgan fingerprint density at radius 2 is 2.33 bits per heavy atom. The highest BCUT2D eigenvalue weighted by Gasteiger charge is 2.08. The number of halogens is 1. The number of allylic oxidation sites excluding steroid dienone is 1. The van der Waals surface area contributed by atoms with Gasteiger partial charge >= 0.3 is 0 Å². The van der Waals surface area contributed by atoms with Gasteiger partial charge in [-0.05, 0) is 28.9 Å². The molecular weight excluding hydrogens is 258 g/mol. The third-order valence-corrected chi connectivity index (χ3v) is 2.41. The predicted molar refractivity (Wildman–Crippen MR) is 64.3 cm³/mol. The Morgan fingerprint density at radius 3 is 2.87 bits per heavy atom. The molecule has 3 N–H and O–H groups in total. The molecular formula is C10H12BrN3O. The minimum absolute atomic E-state index is 0.391. The summed E-state index contributed by atoms with van der Waals surface area (Å²) in [4.78, 5) is 14.8. The molecule has 80 valence electrons. The fraction of sp³-hybridized carbons (Fsp3) is 0.200. The molecule has 1 heterocycles. The van der Waals surface area contributed by atoms with Crippen molar-refractivity contribution in [2.45, 2.75) is 6.92 Å². The molecule has 0 aliphatic heterocycles. The van der Waals surface area contributed by atoms with Crippen molar-refractivity contribution in [1.29, 1.82) is 0 Å². The van der Waals surface area contributed by atoms with Crippen LogP contribution in [0.4, 0.5) is 5.69 Å². The van der Waals surface area contributed by atoms with Crippen LogP contribution in [-0.2, 0) is 4.79 Å². The number of rotatable bonds is 3. The SMILES string of the molecule is CNc1cc(Br)cnc1/C(N)=C(/C)C=O. The zero-order valence-corrected chi connectivity index (χ0v) is 10.1. The van der Waals surface area contributed by atoms with Crippen molar-refractivity contribution in [3.8, 4) is 0 Å². The summed E-state index contributed by atoms with van der Waals surface area (Å²) in [5.74, 6) is 0. The van der Waals surface area contributed by atoms with E-state index in [-0.39, 0.29) is 0 Å². The molecule has 0 aromatic carbocycles. The van der Waals surface area contributed by atoms with Crippen LogP contribution in [0.2, 0.25) is 0 Å². The largest absolute Gasteiger partial charge is 0.397 e. The summed E-state index contributed by atoms with van der Waals surface area (Å²) in [6.07, 6.45) is 2.36. The number of nitrogens with two attached hydrogens (primary N) is 1. The molecule has 0 amide bonds. The number of nitrogens with zero attached hydrogens (tertiary/aromatic N) is 1. The van der Waals surface area contributed by atoms with Crippen LogP contribution in [0.3, 0.4) is 0 Å². The number of pyridine rings is 1. The van der Waals surface area contributed by atoms with Gasteiger partial charge in [-0.25, -0.2) is 0 Å². The standard InChI is InChI=1S/C10H12BrN3O/c1-6(5-15)9(12)10-8(13-2)3-7(11)4-14-10/h3-5,13H,12H2,1-2H3/b9-6+. The summed E-state index contributed by atoms with van der Waals surface area (Å²) in [5, 5.41) is 2.97. The van der Waals surface area contributed by atoms with Crippen LogP contribution in [0.15, 0.2) is 22.3 Å². The number of hydrogen-bond donors (Lipinski definition) is 2. The Balaban J connectivity index is 3.31. The normalized spacial score (nSPS) is 11.9. The first-order valence-electron chi connectivity index (χ1n) is 4.35. The first-order valence-corrected chi connectivity index (χ1v) is 5.14. The quantitative estimate of drug-likeness (QED) is 0.649. The second kappa shape index (κ2) is 4.93. The number of hydrogen-bond acceptors (Lipinski definition) is 4. The fourth-order valence-corrected chi connectivity index (χ4v) is 1.43. The Hall–Kier alpha value is -1.36. The van der Waals surface area contributed by atoms with Gasteiger partial charge < -0.3 is 11.1 Å². The van der Waals surface area contributed by atoms with E-state index in [1.165, 1.54) is 0 Å². The lowest BCUT2D eigenvalue weighted by atomic mass is 10.1. The third kappa shape index (κ3) is 2.56. The molecule has 0 spiro atoms. The second-order valence-electron chi connectivity index (χ2n) is 3.01. The van der Waals surface area contributed by atoms with Crippen LogP contribution in [-0.4, -0.2) is 18.3 Å². The molecule has 0 unspecified atom stereocenters. The van der Waals surface area contributed by atoms with E-state index in [2.05, 4.69) is 26.2 Å². The van der Waals surface area contributed by atoms with Gasteiger partial charge in [0.1, 0.15) is 12.0 Å². The number of nitrogens with one attached hydrogen (secondary N) is 1. The molecule has 0 atom stereocenters. The van der Waals surface area contributed by atoms with E-state index in [0.717, 1.165) is 16.4 Å². The van der Waals surface area contributed by atoms with E-state index in [4.69, 9.17) is 5.73 Å². The lowest BCUT2D eigenvalue weighted by Gasteiger charge is -2.09. The molecule has 0 aliphatic rings. The van der Waals surface area contributed by atoms with Crippen molar-refractivity contribution in [1.82, 2.24) is 4.98 Å². The van der Waals surface area contributed by atoms with Crippen molar-refractivity contribution in [2.24, 2.45) is 5.73 Å². The van der Waals surface area contributed by atoms with Gasteiger partial charge in [-0.1, -0.05) is 0 Å². The Bertz CT molecular complexity index is 415. The van der Waals surface area contributed by atoms with E-state index in [0.29, 0.717) is 17.0 Å². The van der Waals surface area contributed by atoms with Crippen molar-refractivity contribution in [3.63, 3.8) is 0 Å². The average molecular weight is 270 g/mol. The lowest BCUT2D eigenvalue weighted by molar-refractivity contribution is -0.104. The molecule has 15 heavy (non-hydrogen) atoms. The van der Waals surface area contributed by atoms with Gasteiger partial charge in [-0.3, -0.25) is 9.78 Å². The van der Waals surface area contributed by atoms with Gasteiger partial charge in [0.05, 0.1) is 11.4 Å². The number of carbonyl (C=O) groups excluding carboxylic acids is 1. The van der Waals surface area contributed by atoms with Crippen molar-refractivity contribution in [3.05, 3.63) is 28.0 Å². The van der Waals surface area contributed by atoms with E-state index >= 15 is 0 Å². The zero-order valence-electron chi connectivity index (χ0n) is 8.54. The van der Waals surface area contributed by atoms with Gasteiger partial charge in [-0.2, -0.15) is 0 Å². The van der Waals surface area contributed by atoms with Crippen LogP contribution < -0.4 is 11.1 Å². The van der Waals surface area contributed by atoms with E-state index in [1.54, 1.807) is 20.2 Å². The van der Waals surface area contributed by atoms with Gasteiger partial charge in [0, 0.05) is 23.3 Å². The van der Waals surface area contributed by atoms with Crippen LogP contribution in [0.25, 0.3) is 5.70 Å².